The van der Waals surface area contributed by atoms with E-state index < -0.39 is 0 Å². The van der Waals surface area contributed by atoms with Crippen molar-refractivity contribution < 1.29 is 4.79 Å². The molecule has 1 aromatic carbocycles. The van der Waals surface area contributed by atoms with Gasteiger partial charge in [0.1, 0.15) is 0 Å². The molecule has 0 aliphatic rings. The number of carbonyl (C=O) groups excluding carboxylic acids is 1. The van der Waals surface area contributed by atoms with Gasteiger partial charge in [0.2, 0.25) is 0 Å². The number of nitrogens with one attached hydrogen (secondary N) is 1. The van der Waals surface area contributed by atoms with Crippen molar-refractivity contribution >= 4 is 51.3 Å². The lowest BCUT2D eigenvalue weighted by atomic mass is 10.2. The molecule has 4 nitrogen and oxygen atoms in total. The topological polar surface area (TPSA) is 68.0 Å². The highest BCUT2D eigenvalue weighted by Crippen LogP contribution is 2.29. The normalized spacial score (nSPS) is 10.4. The van der Waals surface area contributed by atoms with Crippen molar-refractivity contribution in [2.24, 2.45) is 0 Å². The fourth-order valence-electron chi connectivity index (χ4n) is 1.35. The van der Waals surface area contributed by atoms with Crippen LogP contribution in [0.4, 0.5) is 10.8 Å². The summed E-state index contributed by atoms with van der Waals surface area (Å²) in [6, 6.07) is 2.97. The molecule has 0 unspecified atom stereocenters. The third kappa shape index (κ3) is 2.75. The molecule has 0 spiro atoms. The molecule has 0 saturated heterocycles. The van der Waals surface area contributed by atoms with E-state index in [1.807, 2.05) is 12.3 Å². The number of halogens is 2. The zero-order valence-electron chi connectivity index (χ0n) is 9.33. The van der Waals surface area contributed by atoms with E-state index in [1.54, 1.807) is 0 Å². The van der Waals surface area contributed by atoms with Crippen LogP contribution in [0.25, 0.3) is 0 Å². The van der Waals surface area contributed by atoms with Crippen molar-refractivity contribution in [2.75, 3.05) is 11.1 Å². The summed E-state index contributed by atoms with van der Waals surface area (Å²) in [5.41, 5.74) is 7.08. The third-order valence-corrected chi connectivity index (χ3v) is 3.81. The Labute approximate surface area is 118 Å². The van der Waals surface area contributed by atoms with Gasteiger partial charge in [0.25, 0.3) is 5.91 Å². The van der Waals surface area contributed by atoms with E-state index in [2.05, 4.69) is 10.3 Å². The van der Waals surface area contributed by atoms with Gasteiger partial charge in [-0.25, -0.2) is 4.98 Å². The monoisotopic (exact) mass is 301 g/mol. The first kappa shape index (κ1) is 13.1. The zero-order valence-corrected chi connectivity index (χ0v) is 11.7. The number of carbonyl (C=O) groups is 1. The Bertz CT molecular complexity index is 612. The van der Waals surface area contributed by atoms with Crippen molar-refractivity contribution in [3.8, 4) is 0 Å². The predicted octanol–water partition coefficient (Wildman–Crippen LogP) is 3.59. The van der Waals surface area contributed by atoms with Crippen LogP contribution in [-0.4, -0.2) is 10.9 Å². The molecule has 1 heterocycles. The summed E-state index contributed by atoms with van der Waals surface area (Å²) in [5, 5.41) is 5.41. The molecule has 1 aromatic heterocycles. The van der Waals surface area contributed by atoms with Crippen LogP contribution in [0.1, 0.15) is 16.1 Å². The van der Waals surface area contributed by atoms with Gasteiger partial charge in [-0.1, -0.05) is 23.2 Å². The number of aromatic nitrogens is 1. The van der Waals surface area contributed by atoms with Gasteiger partial charge in [-0.2, -0.15) is 0 Å². The second kappa shape index (κ2) is 5.14. The number of hydrogen-bond donors (Lipinski definition) is 2. The minimum atomic E-state index is -0.386. The van der Waals surface area contributed by atoms with Gasteiger partial charge < -0.3 is 5.73 Å². The van der Waals surface area contributed by atoms with Gasteiger partial charge in [-0.15, -0.1) is 11.3 Å². The summed E-state index contributed by atoms with van der Waals surface area (Å²) in [4.78, 5) is 16.1. The van der Waals surface area contributed by atoms with Crippen molar-refractivity contribution in [2.45, 2.75) is 6.92 Å². The molecule has 0 fully saturated rings. The number of amides is 1. The number of benzene rings is 1. The highest BCUT2D eigenvalue weighted by atomic mass is 35.5. The van der Waals surface area contributed by atoms with E-state index in [9.17, 15) is 4.79 Å². The molecule has 0 atom stereocenters. The van der Waals surface area contributed by atoms with E-state index in [0.29, 0.717) is 10.8 Å². The first-order chi connectivity index (χ1) is 8.47. The molecule has 1 amide bonds. The lowest BCUT2D eigenvalue weighted by molar-refractivity contribution is 0.102. The maximum Gasteiger partial charge on any atom is 0.259 e. The molecule has 0 radical (unpaired) electrons. The second-order valence-corrected chi connectivity index (χ2v) is 5.26. The molecule has 7 heteroatoms. The average molecular weight is 302 g/mol. The maximum atomic E-state index is 12.0. The van der Waals surface area contributed by atoms with Gasteiger partial charge in [0, 0.05) is 11.1 Å². The largest absolute Gasteiger partial charge is 0.399 e. The standard InChI is InChI=1S/C11H9Cl2N3OS/c1-5-4-18-11(15-5)16-10(17)7-2-6(14)3-8(12)9(7)13/h2-4H,14H2,1H3,(H,15,16,17). The van der Waals surface area contributed by atoms with E-state index >= 15 is 0 Å². The van der Waals surface area contributed by atoms with Crippen LogP contribution in [0, 0.1) is 6.92 Å². The van der Waals surface area contributed by atoms with Crippen LogP contribution >= 0.6 is 34.5 Å². The van der Waals surface area contributed by atoms with E-state index in [1.165, 1.54) is 23.5 Å². The molecule has 3 N–H and O–H groups in total. The van der Waals surface area contributed by atoms with E-state index in [0.717, 1.165) is 5.69 Å². The summed E-state index contributed by atoms with van der Waals surface area (Å²) in [6.45, 7) is 1.84. The number of anilines is 2. The molecular weight excluding hydrogens is 293 g/mol. The maximum absolute atomic E-state index is 12.0. The number of hydrogen-bond acceptors (Lipinski definition) is 4. The molecular formula is C11H9Cl2N3OS. The van der Waals surface area contributed by atoms with E-state index in [-0.39, 0.29) is 21.5 Å². The quantitative estimate of drug-likeness (QED) is 0.833. The molecule has 94 valence electrons. The highest BCUT2D eigenvalue weighted by Gasteiger charge is 2.15. The van der Waals surface area contributed by atoms with Gasteiger partial charge in [0.05, 0.1) is 21.3 Å². The number of thiazole rings is 1. The van der Waals surface area contributed by atoms with Gasteiger partial charge >= 0.3 is 0 Å². The molecule has 18 heavy (non-hydrogen) atoms. The van der Waals surface area contributed by atoms with Crippen molar-refractivity contribution in [3.63, 3.8) is 0 Å². The summed E-state index contributed by atoms with van der Waals surface area (Å²) in [6.07, 6.45) is 0. The Morgan fingerprint density at radius 1 is 1.44 bits per heavy atom. The molecule has 2 aromatic rings. The summed E-state index contributed by atoms with van der Waals surface area (Å²) < 4.78 is 0. The third-order valence-electron chi connectivity index (χ3n) is 2.13. The first-order valence-corrected chi connectivity index (χ1v) is 6.59. The lowest BCUT2D eigenvalue weighted by Gasteiger charge is -2.06. The van der Waals surface area contributed by atoms with Crippen molar-refractivity contribution in [3.05, 3.63) is 38.8 Å². The van der Waals surface area contributed by atoms with Crippen LogP contribution < -0.4 is 11.1 Å². The molecule has 2 rings (SSSR count). The van der Waals surface area contributed by atoms with Crippen LogP contribution in [0.5, 0.6) is 0 Å². The van der Waals surface area contributed by atoms with Gasteiger partial charge in [-0.3, -0.25) is 10.1 Å². The fourth-order valence-corrected chi connectivity index (χ4v) is 2.46. The zero-order chi connectivity index (χ0) is 13.3. The van der Waals surface area contributed by atoms with E-state index in [4.69, 9.17) is 28.9 Å². The first-order valence-electron chi connectivity index (χ1n) is 4.95. The molecule has 0 aliphatic carbocycles. The molecule has 0 saturated carbocycles. The Morgan fingerprint density at radius 3 is 2.78 bits per heavy atom. The smallest absolute Gasteiger partial charge is 0.259 e. The SMILES string of the molecule is Cc1csc(NC(=O)c2cc(N)cc(Cl)c2Cl)n1. The predicted molar refractivity (Wildman–Crippen MR) is 75.7 cm³/mol. The number of aryl methyl sites for hydroxylation is 1. The van der Waals surface area contributed by atoms with Crippen molar-refractivity contribution in [1.29, 1.82) is 0 Å². The Kier molecular flexibility index (Phi) is 3.75. The van der Waals surface area contributed by atoms with Crippen LogP contribution in [0.3, 0.4) is 0 Å². The Hall–Kier alpha value is -1.30. The summed E-state index contributed by atoms with van der Waals surface area (Å²) in [5.74, 6) is -0.386. The van der Waals surface area contributed by atoms with Crippen LogP contribution in [-0.2, 0) is 0 Å². The Morgan fingerprint density at radius 2 is 2.17 bits per heavy atom. The average Bonchev–Trinajstić information content (AvgIpc) is 2.69. The minimum Gasteiger partial charge on any atom is -0.399 e. The molecule has 0 bridgehead atoms. The number of nitrogens with two attached hydrogens (primary N) is 1. The summed E-state index contributed by atoms with van der Waals surface area (Å²) >= 11 is 13.2. The number of rotatable bonds is 2. The lowest BCUT2D eigenvalue weighted by Crippen LogP contribution is -2.13. The number of nitrogens with zero attached hydrogens (tertiary/aromatic N) is 1. The minimum absolute atomic E-state index is 0.177. The van der Waals surface area contributed by atoms with Crippen LogP contribution in [0.2, 0.25) is 10.0 Å². The summed E-state index contributed by atoms with van der Waals surface area (Å²) in [7, 11) is 0. The Balaban J connectivity index is 2.29. The highest BCUT2D eigenvalue weighted by molar-refractivity contribution is 7.13. The fraction of sp³-hybridized carbons (Fsp3) is 0.0909. The van der Waals surface area contributed by atoms with Crippen LogP contribution in [0.15, 0.2) is 17.5 Å². The van der Waals surface area contributed by atoms with Crippen molar-refractivity contribution in [1.82, 2.24) is 4.98 Å². The second-order valence-electron chi connectivity index (χ2n) is 3.61. The van der Waals surface area contributed by atoms with Gasteiger partial charge in [-0.05, 0) is 19.1 Å². The van der Waals surface area contributed by atoms with Gasteiger partial charge in [0.15, 0.2) is 5.13 Å². The molecule has 0 aliphatic heterocycles. The number of nitrogen functional groups attached to an aromatic ring is 1.